The number of nitrogens with two attached hydrogens (primary N) is 1. The van der Waals surface area contributed by atoms with Gasteiger partial charge in [0.1, 0.15) is 0 Å². The Hall–Kier alpha value is -0.0800. The maximum Gasteiger partial charge on any atom is 0.0357 e. The van der Waals surface area contributed by atoms with Crippen molar-refractivity contribution in [2.75, 3.05) is 19.6 Å². The van der Waals surface area contributed by atoms with Crippen LogP contribution < -0.4 is 5.73 Å². The number of rotatable bonds is 2. The molecule has 0 amide bonds. The average molecular weight is 210 g/mol. The first-order valence-corrected chi connectivity index (χ1v) is 6.55. The molecule has 15 heavy (non-hydrogen) atoms. The lowest BCUT2D eigenvalue weighted by atomic mass is 9.86. The molecular formula is C13H26N2. The highest BCUT2D eigenvalue weighted by Gasteiger charge is 2.46. The molecule has 2 rings (SSSR count). The van der Waals surface area contributed by atoms with Crippen LogP contribution in [-0.4, -0.2) is 30.1 Å². The maximum atomic E-state index is 6.09. The summed E-state index contributed by atoms with van der Waals surface area (Å²) < 4.78 is 0. The molecule has 1 aliphatic heterocycles. The summed E-state index contributed by atoms with van der Waals surface area (Å²) in [5.74, 6) is 2.49. The third-order valence-electron chi connectivity index (χ3n) is 5.14. The van der Waals surface area contributed by atoms with Gasteiger partial charge in [-0.15, -0.1) is 0 Å². The van der Waals surface area contributed by atoms with Crippen LogP contribution in [0.2, 0.25) is 0 Å². The van der Waals surface area contributed by atoms with E-state index in [0.717, 1.165) is 24.3 Å². The van der Waals surface area contributed by atoms with Crippen LogP contribution >= 0.6 is 0 Å². The molecule has 1 heterocycles. The van der Waals surface area contributed by atoms with E-state index in [-0.39, 0.29) is 0 Å². The number of hydrogen-bond donors (Lipinski definition) is 1. The lowest BCUT2D eigenvalue weighted by Gasteiger charge is -2.42. The van der Waals surface area contributed by atoms with Crippen molar-refractivity contribution >= 4 is 0 Å². The zero-order chi connectivity index (χ0) is 11.1. The van der Waals surface area contributed by atoms with E-state index in [1.54, 1.807) is 0 Å². The summed E-state index contributed by atoms with van der Waals surface area (Å²) in [4.78, 5) is 2.71. The first-order chi connectivity index (χ1) is 7.10. The summed E-state index contributed by atoms with van der Waals surface area (Å²) in [6, 6.07) is 0. The van der Waals surface area contributed by atoms with Crippen LogP contribution in [0.5, 0.6) is 0 Å². The van der Waals surface area contributed by atoms with Crippen molar-refractivity contribution < 1.29 is 0 Å². The number of nitrogens with zero attached hydrogens (tertiary/aromatic N) is 1. The van der Waals surface area contributed by atoms with Crippen molar-refractivity contribution in [3.63, 3.8) is 0 Å². The van der Waals surface area contributed by atoms with Gasteiger partial charge in [0.2, 0.25) is 0 Å². The van der Waals surface area contributed by atoms with Crippen LogP contribution in [0.25, 0.3) is 0 Å². The summed E-state index contributed by atoms with van der Waals surface area (Å²) in [5.41, 5.74) is 6.43. The van der Waals surface area contributed by atoms with Crippen LogP contribution in [0.15, 0.2) is 0 Å². The van der Waals surface area contributed by atoms with Crippen molar-refractivity contribution in [3.05, 3.63) is 0 Å². The Labute approximate surface area is 94.2 Å². The SMILES string of the molecule is CC1CN(C2(CN)CCCC2C)CC1C. The molecule has 0 radical (unpaired) electrons. The fourth-order valence-electron chi connectivity index (χ4n) is 3.62. The van der Waals surface area contributed by atoms with Gasteiger partial charge in [0.25, 0.3) is 0 Å². The fourth-order valence-corrected chi connectivity index (χ4v) is 3.62. The minimum atomic E-state index is 0.346. The third kappa shape index (κ3) is 1.72. The molecule has 2 aliphatic rings. The van der Waals surface area contributed by atoms with Crippen molar-refractivity contribution in [3.8, 4) is 0 Å². The highest BCUT2D eigenvalue weighted by molar-refractivity contribution is 5.02. The quantitative estimate of drug-likeness (QED) is 0.756. The summed E-state index contributed by atoms with van der Waals surface area (Å²) >= 11 is 0. The molecule has 2 nitrogen and oxygen atoms in total. The van der Waals surface area contributed by atoms with E-state index in [0.29, 0.717) is 5.54 Å². The topological polar surface area (TPSA) is 29.3 Å². The molecule has 1 saturated heterocycles. The van der Waals surface area contributed by atoms with E-state index >= 15 is 0 Å². The predicted octanol–water partition coefficient (Wildman–Crippen LogP) is 2.09. The highest BCUT2D eigenvalue weighted by Crippen LogP contribution is 2.42. The molecule has 0 aromatic heterocycles. The Morgan fingerprint density at radius 2 is 1.80 bits per heavy atom. The normalized spacial score (nSPS) is 47.6. The van der Waals surface area contributed by atoms with Gasteiger partial charge in [-0.2, -0.15) is 0 Å². The van der Waals surface area contributed by atoms with Gasteiger partial charge in [-0.3, -0.25) is 4.90 Å². The largest absolute Gasteiger partial charge is 0.329 e. The second-order valence-electron chi connectivity index (χ2n) is 5.96. The average Bonchev–Trinajstić information content (AvgIpc) is 2.73. The molecule has 1 saturated carbocycles. The molecule has 0 aromatic carbocycles. The van der Waals surface area contributed by atoms with Crippen molar-refractivity contribution in [1.82, 2.24) is 4.90 Å². The Kier molecular flexibility index (Phi) is 3.09. The van der Waals surface area contributed by atoms with E-state index in [2.05, 4.69) is 25.7 Å². The van der Waals surface area contributed by atoms with Gasteiger partial charge in [-0.25, -0.2) is 0 Å². The van der Waals surface area contributed by atoms with E-state index < -0.39 is 0 Å². The van der Waals surface area contributed by atoms with E-state index in [4.69, 9.17) is 5.73 Å². The standard InChI is InChI=1S/C13H26N2/c1-10-7-15(8-11(10)2)13(9-14)6-4-5-12(13)3/h10-12H,4-9,14H2,1-3H3. The van der Waals surface area contributed by atoms with Gasteiger partial charge in [-0.05, 0) is 30.6 Å². The fraction of sp³-hybridized carbons (Fsp3) is 1.00. The zero-order valence-corrected chi connectivity index (χ0v) is 10.5. The lowest BCUT2D eigenvalue weighted by molar-refractivity contribution is 0.0838. The first kappa shape index (κ1) is 11.4. The monoisotopic (exact) mass is 210 g/mol. The first-order valence-electron chi connectivity index (χ1n) is 6.55. The van der Waals surface area contributed by atoms with Gasteiger partial charge in [0.15, 0.2) is 0 Å². The van der Waals surface area contributed by atoms with Gasteiger partial charge in [0, 0.05) is 25.2 Å². The molecule has 0 bridgehead atoms. The zero-order valence-electron chi connectivity index (χ0n) is 10.5. The molecule has 0 aromatic rings. The molecule has 4 atom stereocenters. The molecule has 0 spiro atoms. The van der Waals surface area contributed by atoms with Crippen LogP contribution in [-0.2, 0) is 0 Å². The van der Waals surface area contributed by atoms with Crippen molar-refractivity contribution in [1.29, 1.82) is 0 Å². The summed E-state index contributed by atoms with van der Waals surface area (Å²) in [7, 11) is 0. The second-order valence-corrected chi connectivity index (χ2v) is 5.96. The Morgan fingerprint density at radius 3 is 2.20 bits per heavy atom. The third-order valence-corrected chi connectivity index (χ3v) is 5.14. The molecule has 2 N–H and O–H groups in total. The van der Waals surface area contributed by atoms with E-state index in [1.165, 1.54) is 32.4 Å². The number of likely N-dealkylation sites (tertiary alicyclic amines) is 1. The van der Waals surface area contributed by atoms with Crippen LogP contribution in [0.1, 0.15) is 40.0 Å². The Balaban J connectivity index is 2.13. The molecule has 88 valence electrons. The molecule has 4 unspecified atom stereocenters. The van der Waals surface area contributed by atoms with Crippen molar-refractivity contribution in [2.45, 2.75) is 45.6 Å². The molecule has 1 aliphatic carbocycles. The molecule has 2 heteroatoms. The summed E-state index contributed by atoms with van der Waals surface area (Å²) in [5, 5.41) is 0. The van der Waals surface area contributed by atoms with E-state index in [9.17, 15) is 0 Å². The smallest absolute Gasteiger partial charge is 0.0357 e. The minimum absolute atomic E-state index is 0.346. The molecular weight excluding hydrogens is 184 g/mol. The van der Waals surface area contributed by atoms with Gasteiger partial charge in [-0.1, -0.05) is 27.2 Å². The van der Waals surface area contributed by atoms with E-state index in [1.807, 2.05) is 0 Å². The molecule has 2 fully saturated rings. The number of hydrogen-bond acceptors (Lipinski definition) is 2. The van der Waals surface area contributed by atoms with Crippen LogP contribution in [0.4, 0.5) is 0 Å². The van der Waals surface area contributed by atoms with Gasteiger partial charge in [0.05, 0.1) is 0 Å². The lowest BCUT2D eigenvalue weighted by Crippen LogP contribution is -2.54. The van der Waals surface area contributed by atoms with Gasteiger partial charge >= 0.3 is 0 Å². The summed E-state index contributed by atoms with van der Waals surface area (Å²) in [6.07, 6.45) is 4.07. The van der Waals surface area contributed by atoms with Gasteiger partial charge < -0.3 is 5.73 Å². The predicted molar refractivity (Wildman–Crippen MR) is 64.7 cm³/mol. The van der Waals surface area contributed by atoms with Crippen LogP contribution in [0.3, 0.4) is 0 Å². The summed E-state index contributed by atoms with van der Waals surface area (Å²) in [6.45, 7) is 10.6. The highest BCUT2D eigenvalue weighted by atomic mass is 15.2. The van der Waals surface area contributed by atoms with Crippen LogP contribution in [0, 0.1) is 17.8 Å². The second kappa shape index (κ2) is 4.06. The maximum absolute atomic E-state index is 6.09. The van der Waals surface area contributed by atoms with Crippen molar-refractivity contribution in [2.24, 2.45) is 23.5 Å². The minimum Gasteiger partial charge on any atom is -0.329 e. The Morgan fingerprint density at radius 1 is 1.20 bits per heavy atom. The Bertz CT molecular complexity index is 219.